The first-order valence-corrected chi connectivity index (χ1v) is 5.61. The Labute approximate surface area is 104 Å². The van der Waals surface area contributed by atoms with Gasteiger partial charge in [0.1, 0.15) is 5.75 Å². The molecule has 1 aromatic heterocycles. The summed E-state index contributed by atoms with van der Waals surface area (Å²) in [5.74, 6) is 0.727. The monoisotopic (exact) mass is 241 g/mol. The first-order chi connectivity index (χ1) is 8.83. The molecule has 1 aliphatic heterocycles. The summed E-state index contributed by atoms with van der Waals surface area (Å²) in [4.78, 5) is 11.8. The summed E-state index contributed by atoms with van der Waals surface area (Å²) in [6.45, 7) is 0. The van der Waals surface area contributed by atoms with Gasteiger partial charge in [-0.2, -0.15) is 0 Å². The second-order valence-corrected chi connectivity index (χ2v) is 3.89. The Kier molecular flexibility index (Phi) is 2.61. The molecule has 1 amide bonds. The number of hydrogen-bond donors (Lipinski definition) is 1. The normalized spacial score (nSPS) is 16.8. The number of amides is 1. The average molecular weight is 241 g/mol. The Hall–Kier alpha value is -2.49. The van der Waals surface area contributed by atoms with Crippen molar-refractivity contribution in [1.29, 1.82) is 0 Å². The summed E-state index contributed by atoms with van der Waals surface area (Å²) in [5, 5.41) is 2.72. The van der Waals surface area contributed by atoms with Crippen molar-refractivity contribution >= 4 is 12.0 Å². The molecule has 3 rings (SSSR count). The van der Waals surface area contributed by atoms with Gasteiger partial charge in [-0.1, -0.05) is 18.2 Å². The fourth-order valence-corrected chi connectivity index (χ4v) is 1.78. The highest BCUT2D eigenvalue weighted by molar-refractivity contribution is 5.91. The van der Waals surface area contributed by atoms with Crippen LogP contribution in [0.1, 0.15) is 16.1 Å². The molecule has 1 aromatic carbocycles. The number of nitrogens with one attached hydrogen (secondary N) is 1. The molecule has 0 saturated heterocycles. The number of fused-ring (bicyclic) bond motifs is 1. The Morgan fingerprint density at radius 1 is 1.17 bits per heavy atom. The van der Waals surface area contributed by atoms with E-state index in [9.17, 15) is 4.79 Å². The van der Waals surface area contributed by atoms with Crippen molar-refractivity contribution in [3.05, 3.63) is 60.1 Å². The molecule has 0 bridgehead atoms. The second-order valence-electron chi connectivity index (χ2n) is 3.89. The fourth-order valence-electron chi connectivity index (χ4n) is 1.78. The topological polar surface area (TPSA) is 51.5 Å². The van der Waals surface area contributed by atoms with Crippen molar-refractivity contribution in [2.75, 3.05) is 0 Å². The Morgan fingerprint density at radius 3 is 2.89 bits per heavy atom. The number of hydrogen-bond acceptors (Lipinski definition) is 3. The van der Waals surface area contributed by atoms with E-state index in [1.807, 2.05) is 30.3 Å². The standard InChI is InChI=1S/C14H11NO3/c16-14(12-6-3-9-17-12)15-13-8-7-10-4-1-2-5-11(10)18-13/h1-9,13H,(H,15,16). The molecule has 0 spiro atoms. The van der Waals surface area contributed by atoms with E-state index in [1.54, 1.807) is 18.2 Å². The molecule has 4 nitrogen and oxygen atoms in total. The zero-order valence-corrected chi connectivity index (χ0v) is 9.50. The van der Waals surface area contributed by atoms with Crippen LogP contribution in [0.5, 0.6) is 5.75 Å². The highest BCUT2D eigenvalue weighted by Crippen LogP contribution is 2.24. The van der Waals surface area contributed by atoms with Crippen LogP contribution in [0.15, 0.2) is 53.2 Å². The van der Waals surface area contributed by atoms with Gasteiger partial charge in [0.25, 0.3) is 5.91 Å². The number of ether oxygens (including phenoxy) is 1. The molecule has 4 heteroatoms. The highest BCUT2D eigenvalue weighted by Gasteiger charge is 2.18. The van der Waals surface area contributed by atoms with Crippen LogP contribution in [-0.4, -0.2) is 12.1 Å². The lowest BCUT2D eigenvalue weighted by atomic mass is 10.1. The maximum Gasteiger partial charge on any atom is 0.290 e. The van der Waals surface area contributed by atoms with Crippen LogP contribution in [0.2, 0.25) is 0 Å². The summed E-state index contributed by atoms with van der Waals surface area (Å²) in [7, 11) is 0. The largest absolute Gasteiger partial charge is 0.466 e. The number of furan rings is 1. The molecule has 1 atom stereocenters. The average Bonchev–Trinajstić information content (AvgIpc) is 2.92. The summed E-state index contributed by atoms with van der Waals surface area (Å²) >= 11 is 0. The molecule has 0 radical (unpaired) electrons. The van der Waals surface area contributed by atoms with E-state index in [0.29, 0.717) is 0 Å². The third-order valence-corrected chi connectivity index (χ3v) is 2.64. The van der Waals surface area contributed by atoms with Gasteiger partial charge in [0, 0.05) is 5.56 Å². The van der Waals surface area contributed by atoms with Crippen LogP contribution in [0, 0.1) is 0 Å². The van der Waals surface area contributed by atoms with Gasteiger partial charge in [0.15, 0.2) is 12.0 Å². The third kappa shape index (κ3) is 2.00. The number of carbonyl (C=O) groups is 1. The van der Waals surface area contributed by atoms with Gasteiger partial charge in [-0.05, 0) is 30.4 Å². The molecule has 0 saturated carbocycles. The van der Waals surface area contributed by atoms with Crippen molar-refractivity contribution in [2.24, 2.45) is 0 Å². The lowest BCUT2D eigenvalue weighted by molar-refractivity contribution is 0.0847. The predicted octanol–water partition coefficient (Wildman–Crippen LogP) is 2.44. The van der Waals surface area contributed by atoms with Crippen LogP contribution < -0.4 is 10.1 Å². The predicted molar refractivity (Wildman–Crippen MR) is 66.1 cm³/mol. The van der Waals surface area contributed by atoms with E-state index < -0.39 is 6.23 Å². The van der Waals surface area contributed by atoms with Crippen LogP contribution in [0.25, 0.3) is 6.08 Å². The molecule has 0 aliphatic carbocycles. The number of benzene rings is 1. The quantitative estimate of drug-likeness (QED) is 0.878. The SMILES string of the molecule is O=C(NC1C=Cc2ccccc2O1)c1ccco1. The van der Waals surface area contributed by atoms with Crippen molar-refractivity contribution in [2.45, 2.75) is 6.23 Å². The maximum atomic E-state index is 11.8. The lowest BCUT2D eigenvalue weighted by Crippen LogP contribution is -2.38. The third-order valence-electron chi connectivity index (χ3n) is 2.64. The minimum atomic E-state index is -0.475. The van der Waals surface area contributed by atoms with Crippen LogP contribution in [0.4, 0.5) is 0 Å². The molecule has 90 valence electrons. The smallest absolute Gasteiger partial charge is 0.290 e. The summed E-state index contributed by atoms with van der Waals surface area (Å²) in [5.41, 5.74) is 1.00. The molecule has 18 heavy (non-hydrogen) atoms. The van der Waals surface area contributed by atoms with Gasteiger partial charge in [-0.3, -0.25) is 4.79 Å². The van der Waals surface area contributed by atoms with Gasteiger partial charge in [-0.25, -0.2) is 0 Å². The zero-order valence-electron chi connectivity index (χ0n) is 9.50. The van der Waals surface area contributed by atoms with E-state index in [-0.39, 0.29) is 11.7 Å². The molecular weight excluding hydrogens is 230 g/mol. The van der Waals surface area contributed by atoms with E-state index in [1.165, 1.54) is 6.26 Å². The number of rotatable bonds is 2. The van der Waals surface area contributed by atoms with Crippen LogP contribution in [-0.2, 0) is 0 Å². The maximum absolute atomic E-state index is 11.8. The van der Waals surface area contributed by atoms with Crippen molar-refractivity contribution in [3.63, 3.8) is 0 Å². The van der Waals surface area contributed by atoms with Gasteiger partial charge in [0.2, 0.25) is 0 Å². The molecule has 1 aliphatic rings. The fraction of sp³-hybridized carbons (Fsp3) is 0.0714. The molecular formula is C14H11NO3. The minimum Gasteiger partial charge on any atom is -0.466 e. The molecule has 1 N–H and O–H groups in total. The highest BCUT2D eigenvalue weighted by atomic mass is 16.5. The summed E-state index contributed by atoms with van der Waals surface area (Å²) < 4.78 is 10.7. The number of para-hydroxylation sites is 1. The molecule has 2 aromatic rings. The lowest BCUT2D eigenvalue weighted by Gasteiger charge is -2.21. The zero-order chi connectivity index (χ0) is 12.4. The van der Waals surface area contributed by atoms with Gasteiger partial charge >= 0.3 is 0 Å². The first kappa shape index (κ1) is 10.7. The van der Waals surface area contributed by atoms with Crippen LogP contribution in [0.3, 0.4) is 0 Å². The van der Waals surface area contributed by atoms with Crippen molar-refractivity contribution in [1.82, 2.24) is 5.32 Å². The summed E-state index contributed by atoms with van der Waals surface area (Å²) in [6, 6.07) is 10.9. The Balaban J connectivity index is 1.72. The van der Waals surface area contributed by atoms with Crippen molar-refractivity contribution in [3.8, 4) is 5.75 Å². The molecule has 2 heterocycles. The van der Waals surface area contributed by atoms with E-state index >= 15 is 0 Å². The first-order valence-electron chi connectivity index (χ1n) is 5.61. The number of carbonyl (C=O) groups excluding carboxylic acids is 1. The van der Waals surface area contributed by atoms with E-state index in [2.05, 4.69) is 5.32 Å². The minimum absolute atomic E-state index is 0.269. The Bertz CT molecular complexity index is 587. The summed E-state index contributed by atoms with van der Waals surface area (Å²) in [6.07, 6.45) is 4.70. The molecule has 0 fully saturated rings. The van der Waals surface area contributed by atoms with Crippen molar-refractivity contribution < 1.29 is 13.9 Å². The van der Waals surface area contributed by atoms with E-state index in [4.69, 9.17) is 9.15 Å². The van der Waals surface area contributed by atoms with Gasteiger partial charge in [0.05, 0.1) is 6.26 Å². The Morgan fingerprint density at radius 2 is 2.06 bits per heavy atom. The van der Waals surface area contributed by atoms with Gasteiger partial charge in [-0.15, -0.1) is 0 Å². The molecule has 1 unspecified atom stereocenters. The van der Waals surface area contributed by atoms with E-state index in [0.717, 1.165) is 11.3 Å². The van der Waals surface area contributed by atoms with Gasteiger partial charge < -0.3 is 14.5 Å². The second kappa shape index (κ2) is 4.41. The van der Waals surface area contributed by atoms with Crippen LogP contribution >= 0.6 is 0 Å².